The monoisotopic (exact) mass is 153 g/mol. The van der Waals surface area contributed by atoms with E-state index in [1.54, 1.807) is 0 Å². The van der Waals surface area contributed by atoms with Crippen LogP contribution in [0.15, 0.2) is 0 Å². The van der Waals surface area contributed by atoms with Gasteiger partial charge >= 0.3 is 0 Å². The van der Waals surface area contributed by atoms with Crippen molar-refractivity contribution in [1.29, 1.82) is 0 Å². The van der Waals surface area contributed by atoms with Gasteiger partial charge in [0.2, 0.25) is 6.29 Å². The van der Waals surface area contributed by atoms with Gasteiger partial charge in [-0.2, -0.15) is 0 Å². The molecule has 11 heavy (non-hydrogen) atoms. The predicted molar refractivity (Wildman–Crippen MR) is 46.0 cm³/mol. The highest BCUT2D eigenvalue weighted by molar-refractivity contribution is 5.54. The normalized spacial score (nSPS) is 23.0. The topological polar surface area (TPSA) is 17.1 Å². The Morgan fingerprint density at radius 1 is 1.36 bits per heavy atom. The van der Waals surface area contributed by atoms with Gasteiger partial charge in [-0.05, 0) is 25.2 Å². The summed E-state index contributed by atoms with van der Waals surface area (Å²) in [5, 5.41) is 0. The summed E-state index contributed by atoms with van der Waals surface area (Å²) in [6.07, 6.45) is 9.68. The van der Waals surface area contributed by atoms with E-state index in [1.807, 2.05) is 0 Å². The summed E-state index contributed by atoms with van der Waals surface area (Å²) in [6.45, 7) is 2.09. The molecule has 1 fully saturated rings. The minimum absolute atomic E-state index is 0.232. The van der Waals surface area contributed by atoms with Gasteiger partial charge in [0, 0.05) is 5.92 Å². The molecule has 1 unspecified atom stereocenters. The third kappa shape index (κ3) is 2.32. The average Bonchev–Trinajstić information content (AvgIpc) is 2.09. The molecule has 0 aliphatic heterocycles. The third-order valence-corrected chi connectivity index (χ3v) is 2.81. The van der Waals surface area contributed by atoms with Gasteiger partial charge < -0.3 is 0 Å². The molecule has 0 aromatic heterocycles. The van der Waals surface area contributed by atoms with E-state index in [2.05, 4.69) is 13.2 Å². The standard InChI is InChI=1S/C10H17O/c1-2-9(8-11)10-6-4-3-5-7-10/h9-10H,2-7H2,1H3. The Hall–Kier alpha value is -0.330. The van der Waals surface area contributed by atoms with Crippen LogP contribution >= 0.6 is 0 Å². The second kappa shape index (κ2) is 4.53. The molecule has 0 aromatic carbocycles. The van der Waals surface area contributed by atoms with Crippen LogP contribution in [0, 0.1) is 11.8 Å². The third-order valence-electron chi connectivity index (χ3n) is 2.81. The van der Waals surface area contributed by atoms with Gasteiger partial charge in [-0.25, -0.2) is 0 Å². The lowest BCUT2D eigenvalue weighted by Gasteiger charge is -2.25. The van der Waals surface area contributed by atoms with Crippen LogP contribution in [0.3, 0.4) is 0 Å². The van der Waals surface area contributed by atoms with Crippen LogP contribution in [0.4, 0.5) is 0 Å². The first kappa shape index (κ1) is 8.76. The van der Waals surface area contributed by atoms with Crippen molar-refractivity contribution in [2.75, 3.05) is 0 Å². The van der Waals surface area contributed by atoms with Crippen molar-refractivity contribution in [2.24, 2.45) is 11.8 Å². The molecule has 1 saturated carbocycles. The Morgan fingerprint density at radius 3 is 2.45 bits per heavy atom. The summed E-state index contributed by atoms with van der Waals surface area (Å²) in [4.78, 5) is 10.5. The molecule has 1 aliphatic carbocycles. The molecule has 1 radical (unpaired) electrons. The first-order chi connectivity index (χ1) is 5.38. The Kier molecular flexibility index (Phi) is 3.61. The highest BCUT2D eigenvalue weighted by atomic mass is 16.1. The van der Waals surface area contributed by atoms with Gasteiger partial charge in [0.05, 0.1) is 0 Å². The van der Waals surface area contributed by atoms with Crippen molar-refractivity contribution >= 4 is 6.29 Å². The molecular formula is C10H17O. The van der Waals surface area contributed by atoms with Crippen molar-refractivity contribution < 1.29 is 4.79 Å². The van der Waals surface area contributed by atoms with Gasteiger partial charge in [0.15, 0.2) is 0 Å². The van der Waals surface area contributed by atoms with Crippen LogP contribution in [0.25, 0.3) is 0 Å². The Bertz CT molecular complexity index is 114. The van der Waals surface area contributed by atoms with E-state index in [0.717, 1.165) is 6.42 Å². The minimum atomic E-state index is 0.232. The molecule has 1 aliphatic rings. The maximum Gasteiger partial charge on any atom is 0.202 e. The average molecular weight is 153 g/mol. The van der Waals surface area contributed by atoms with Gasteiger partial charge in [-0.15, -0.1) is 0 Å². The van der Waals surface area contributed by atoms with E-state index in [0.29, 0.717) is 5.92 Å². The molecule has 0 bridgehead atoms. The number of hydrogen-bond acceptors (Lipinski definition) is 1. The number of hydrogen-bond donors (Lipinski definition) is 0. The van der Waals surface area contributed by atoms with Crippen LogP contribution in [0.1, 0.15) is 45.4 Å². The first-order valence-corrected chi connectivity index (χ1v) is 4.76. The second-order valence-electron chi connectivity index (χ2n) is 3.53. The van der Waals surface area contributed by atoms with Crippen molar-refractivity contribution in [2.45, 2.75) is 45.4 Å². The molecule has 0 saturated heterocycles. The molecule has 0 N–H and O–H groups in total. The largest absolute Gasteiger partial charge is 0.291 e. The van der Waals surface area contributed by atoms with E-state index in [4.69, 9.17) is 0 Å². The molecule has 0 amide bonds. The predicted octanol–water partition coefficient (Wildman–Crippen LogP) is 2.70. The van der Waals surface area contributed by atoms with Crippen LogP contribution < -0.4 is 0 Å². The zero-order valence-electron chi connectivity index (χ0n) is 7.31. The van der Waals surface area contributed by atoms with Crippen LogP contribution in [-0.2, 0) is 4.79 Å². The zero-order valence-corrected chi connectivity index (χ0v) is 7.31. The molecule has 0 aromatic rings. The van der Waals surface area contributed by atoms with E-state index in [-0.39, 0.29) is 5.92 Å². The fraction of sp³-hybridized carbons (Fsp3) is 0.900. The van der Waals surface area contributed by atoms with Gasteiger partial charge in [-0.1, -0.05) is 26.2 Å². The van der Waals surface area contributed by atoms with Gasteiger partial charge in [0.1, 0.15) is 0 Å². The molecule has 0 heterocycles. The van der Waals surface area contributed by atoms with Crippen LogP contribution in [0.5, 0.6) is 0 Å². The molecule has 1 atom stereocenters. The lowest BCUT2D eigenvalue weighted by atomic mass is 9.79. The van der Waals surface area contributed by atoms with Crippen LogP contribution in [-0.4, -0.2) is 6.29 Å². The fourth-order valence-electron chi connectivity index (χ4n) is 2.05. The van der Waals surface area contributed by atoms with Gasteiger partial charge in [-0.3, -0.25) is 4.79 Å². The van der Waals surface area contributed by atoms with Crippen molar-refractivity contribution in [3.05, 3.63) is 0 Å². The minimum Gasteiger partial charge on any atom is -0.291 e. The van der Waals surface area contributed by atoms with E-state index >= 15 is 0 Å². The zero-order chi connectivity index (χ0) is 8.10. The molecule has 0 spiro atoms. The Labute approximate surface area is 69.2 Å². The van der Waals surface area contributed by atoms with Gasteiger partial charge in [0.25, 0.3) is 0 Å². The Balaban J connectivity index is 2.35. The summed E-state index contributed by atoms with van der Waals surface area (Å²) in [7, 11) is 0. The summed E-state index contributed by atoms with van der Waals surface area (Å²) in [6, 6.07) is 0. The smallest absolute Gasteiger partial charge is 0.202 e. The molecule has 1 nitrogen and oxygen atoms in total. The lowest BCUT2D eigenvalue weighted by Crippen LogP contribution is -2.18. The molecule has 1 rings (SSSR count). The highest BCUT2D eigenvalue weighted by Gasteiger charge is 2.21. The first-order valence-electron chi connectivity index (χ1n) is 4.76. The fourth-order valence-corrected chi connectivity index (χ4v) is 2.05. The SMILES string of the molecule is CCC([C]=O)C1CCCCC1. The molecular weight excluding hydrogens is 136 g/mol. The second-order valence-corrected chi connectivity index (χ2v) is 3.53. The summed E-state index contributed by atoms with van der Waals surface area (Å²) in [5.74, 6) is 0.890. The number of carbonyl (C=O) groups excluding carboxylic acids is 1. The summed E-state index contributed by atoms with van der Waals surface area (Å²) >= 11 is 0. The molecule has 1 heteroatoms. The van der Waals surface area contributed by atoms with E-state index in [9.17, 15) is 4.79 Å². The summed E-state index contributed by atoms with van der Waals surface area (Å²) in [5.41, 5.74) is 0. The maximum absolute atomic E-state index is 10.5. The lowest BCUT2D eigenvalue weighted by molar-refractivity contribution is 0.287. The van der Waals surface area contributed by atoms with Crippen molar-refractivity contribution in [3.8, 4) is 0 Å². The quantitative estimate of drug-likeness (QED) is 0.609. The molecule has 63 valence electrons. The van der Waals surface area contributed by atoms with E-state index in [1.165, 1.54) is 32.1 Å². The van der Waals surface area contributed by atoms with Crippen molar-refractivity contribution in [1.82, 2.24) is 0 Å². The van der Waals surface area contributed by atoms with Crippen LogP contribution in [0.2, 0.25) is 0 Å². The highest BCUT2D eigenvalue weighted by Crippen LogP contribution is 2.30. The summed E-state index contributed by atoms with van der Waals surface area (Å²) < 4.78 is 0. The van der Waals surface area contributed by atoms with E-state index < -0.39 is 0 Å². The Morgan fingerprint density at radius 2 is 2.00 bits per heavy atom. The van der Waals surface area contributed by atoms with Crippen molar-refractivity contribution in [3.63, 3.8) is 0 Å². The maximum atomic E-state index is 10.5. The number of rotatable bonds is 3.